The molecule has 0 aliphatic carbocycles. The SMILES string of the molecule is COC(=O)c1c(C)[nH]c(C(=O)[C@@H](C)OC(=O)c2c(F)cccc2F)c1C. The van der Waals surface area contributed by atoms with Crippen LogP contribution in [0.4, 0.5) is 8.78 Å². The molecular formula is C18H17F2NO5. The molecule has 26 heavy (non-hydrogen) atoms. The first kappa shape index (κ1) is 19.3. The first-order valence-corrected chi connectivity index (χ1v) is 7.65. The van der Waals surface area contributed by atoms with E-state index in [1.807, 2.05) is 0 Å². The van der Waals surface area contributed by atoms with Gasteiger partial charge in [0.15, 0.2) is 6.10 Å². The lowest BCUT2D eigenvalue weighted by Gasteiger charge is -2.13. The van der Waals surface area contributed by atoms with Gasteiger partial charge in [0.1, 0.15) is 17.2 Å². The van der Waals surface area contributed by atoms with Crippen LogP contribution in [0.2, 0.25) is 0 Å². The highest BCUT2D eigenvalue weighted by atomic mass is 19.1. The van der Waals surface area contributed by atoms with E-state index in [2.05, 4.69) is 9.72 Å². The minimum Gasteiger partial charge on any atom is -0.465 e. The third-order valence-electron chi connectivity index (χ3n) is 3.89. The Morgan fingerprint density at radius 2 is 1.62 bits per heavy atom. The number of hydrogen-bond donors (Lipinski definition) is 1. The largest absolute Gasteiger partial charge is 0.465 e. The molecule has 1 aromatic heterocycles. The fourth-order valence-corrected chi connectivity index (χ4v) is 2.57. The molecule has 8 heteroatoms. The lowest BCUT2D eigenvalue weighted by atomic mass is 10.1. The van der Waals surface area contributed by atoms with Crippen LogP contribution in [0.3, 0.4) is 0 Å². The summed E-state index contributed by atoms with van der Waals surface area (Å²) in [6, 6.07) is 2.93. The number of carbonyl (C=O) groups excluding carboxylic acids is 3. The topological polar surface area (TPSA) is 85.5 Å². The molecule has 2 aromatic rings. The Morgan fingerprint density at radius 3 is 2.15 bits per heavy atom. The predicted octanol–water partition coefficient (Wildman–Crippen LogP) is 3.12. The number of Topliss-reactive ketones (excluding diaryl/α,β-unsaturated/α-hetero) is 1. The van der Waals surface area contributed by atoms with Crippen molar-refractivity contribution in [1.29, 1.82) is 0 Å². The average Bonchev–Trinajstić information content (AvgIpc) is 2.87. The first-order chi connectivity index (χ1) is 12.2. The van der Waals surface area contributed by atoms with Crippen molar-refractivity contribution in [2.24, 2.45) is 0 Å². The fourth-order valence-electron chi connectivity index (χ4n) is 2.57. The van der Waals surface area contributed by atoms with Crippen molar-refractivity contribution in [3.8, 4) is 0 Å². The number of nitrogens with one attached hydrogen (secondary N) is 1. The van der Waals surface area contributed by atoms with Crippen LogP contribution < -0.4 is 0 Å². The summed E-state index contributed by atoms with van der Waals surface area (Å²) in [4.78, 5) is 39.1. The van der Waals surface area contributed by atoms with E-state index < -0.39 is 41.0 Å². The van der Waals surface area contributed by atoms with Gasteiger partial charge in [-0.15, -0.1) is 0 Å². The molecule has 0 unspecified atom stereocenters. The van der Waals surface area contributed by atoms with E-state index in [0.717, 1.165) is 18.2 Å². The van der Waals surface area contributed by atoms with E-state index in [1.54, 1.807) is 6.92 Å². The fraction of sp³-hybridized carbons (Fsp3) is 0.278. The average molecular weight is 365 g/mol. The number of H-pyrrole nitrogens is 1. The van der Waals surface area contributed by atoms with Gasteiger partial charge in [-0.1, -0.05) is 6.07 Å². The normalized spacial score (nSPS) is 11.8. The zero-order valence-electron chi connectivity index (χ0n) is 14.6. The number of esters is 2. The molecule has 1 atom stereocenters. The molecule has 2 rings (SSSR count). The van der Waals surface area contributed by atoms with Crippen molar-refractivity contribution in [3.63, 3.8) is 0 Å². The van der Waals surface area contributed by atoms with Gasteiger partial charge in [0, 0.05) is 5.69 Å². The van der Waals surface area contributed by atoms with Gasteiger partial charge in [-0.2, -0.15) is 0 Å². The summed E-state index contributed by atoms with van der Waals surface area (Å²) < 4.78 is 36.8. The number of carbonyl (C=O) groups is 3. The Labute approximate surface area is 148 Å². The van der Waals surface area contributed by atoms with Crippen LogP contribution >= 0.6 is 0 Å². The first-order valence-electron chi connectivity index (χ1n) is 7.65. The number of ether oxygens (including phenoxy) is 2. The standard InChI is InChI=1S/C18H17F2NO5/c1-8-13(17(23)25-4)9(2)21-15(8)16(22)10(3)26-18(24)14-11(19)6-5-7-12(14)20/h5-7,10,21H,1-4H3/t10-/m1/s1. The number of methoxy groups -OCH3 is 1. The number of aromatic nitrogens is 1. The molecule has 1 N–H and O–H groups in total. The Hall–Kier alpha value is -3.03. The molecule has 0 radical (unpaired) electrons. The number of halogens is 2. The Balaban J connectivity index is 2.26. The van der Waals surface area contributed by atoms with Gasteiger partial charge in [0.2, 0.25) is 5.78 Å². The van der Waals surface area contributed by atoms with Crippen molar-refractivity contribution in [2.45, 2.75) is 26.9 Å². The molecule has 0 bridgehead atoms. The molecule has 0 saturated carbocycles. The molecular weight excluding hydrogens is 348 g/mol. The smallest absolute Gasteiger partial charge is 0.344 e. The van der Waals surface area contributed by atoms with Crippen molar-refractivity contribution in [2.75, 3.05) is 7.11 Å². The monoisotopic (exact) mass is 365 g/mol. The van der Waals surface area contributed by atoms with Gasteiger partial charge in [0.25, 0.3) is 0 Å². The molecule has 1 heterocycles. The number of aryl methyl sites for hydroxylation is 1. The third-order valence-corrected chi connectivity index (χ3v) is 3.89. The van der Waals surface area contributed by atoms with Crippen LogP contribution in [0.5, 0.6) is 0 Å². The van der Waals surface area contributed by atoms with Crippen LogP contribution in [0.1, 0.15) is 49.4 Å². The van der Waals surface area contributed by atoms with Gasteiger partial charge >= 0.3 is 11.9 Å². The van der Waals surface area contributed by atoms with E-state index >= 15 is 0 Å². The Morgan fingerprint density at radius 1 is 1.04 bits per heavy atom. The summed E-state index contributed by atoms with van der Waals surface area (Å²) in [5, 5.41) is 0. The van der Waals surface area contributed by atoms with Crippen molar-refractivity contribution in [1.82, 2.24) is 4.98 Å². The van der Waals surface area contributed by atoms with E-state index in [0.29, 0.717) is 11.3 Å². The maximum atomic E-state index is 13.6. The molecule has 0 fully saturated rings. The van der Waals surface area contributed by atoms with Gasteiger partial charge in [-0.05, 0) is 38.5 Å². The molecule has 6 nitrogen and oxygen atoms in total. The molecule has 0 spiro atoms. The van der Waals surface area contributed by atoms with Crippen molar-refractivity contribution in [3.05, 3.63) is 57.9 Å². The molecule has 138 valence electrons. The summed E-state index contributed by atoms with van der Waals surface area (Å²) in [5.41, 5.74) is 0.129. The highest BCUT2D eigenvalue weighted by Crippen LogP contribution is 2.21. The summed E-state index contributed by atoms with van der Waals surface area (Å²) in [7, 11) is 1.21. The second-order valence-corrected chi connectivity index (χ2v) is 5.63. The highest BCUT2D eigenvalue weighted by Gasteiger charge is 2.29. The van der Waals surface area contributed by atoms with Crippen molar-refractivity contribution < 1.29 is 32.6 Å². The quantitative estimate of drug-likeness (QED) is 0.650. The molecule has 0 saturated heterocycles. The third kappa shape index (κ3) is 3.49. The summed E-state index contributed by atoms with van der Waals surface area (Å²) in [6.45, 7) is 4.39. The second-order valence-electron chi connectivity index (χ2n) is 5.63. The highest BCUT2D eigenvalue weighted by molar-refractivity contribution is 6.04. The number of aromatic amines is 1. The van der Waals surface area contributed by atoms with Gasteiger partial charge < -0.3 is 14.5 Å². The second kappa shape index (κ2) is 7.47. The van der Waals surface area contributed by atoms with E-state index in [1.165, 1.54) is 21.0 Å². The summed E-state index contributed by atoms with van der Waals surface area (Å²) in [5.74, 6) is -4.74. The van der Waals surface area contributed by atoms with Crippen LogP contribution in [-0.4, -0.2) is 35.9 Å². The molecule has 1 aromatic carbocycles. The maximum absolute atomic E-state index is 13.6. The van der Waals surface area contributed by atoms with E-state index in [9.17, 15) is 23.2 Å². The molecule has 0 aliphatic rings. The van der Waals surface area contributed by atoms with Crippen LogP contribution in [-0.2, 0) is 9.47 Å². The number of hydrogen-bond acceptors (Lipinski definition) is 5. The minimum atomic E-state index is -1.33. The zero-order valence-corrected chi connectivity index (χ0v) is 14.6. The summed E-state index contributed by atoms with van der Waals surface area (Å²) >= 11 is 0. The van der Waals surface area contributed by atoms with Crippen molar-refractivity contribution >= 4 is 17.7 Å². The van der Waals surface area contributed by atoms with Gasteiger partial charge in [0.05, 0.1) is 18.4 Å². The number of ketones is 1. The zero-order chi connectivity index (χ0) is 19.6. The van der Waals surface area contributed by atoms with Gasteiger partial charge in [-0.25, -0.2) is 18.4 Å². The lowest BCUT2D eigenvalue weighted by Crippen LogP contribution is -2.26. The predicted molar refractivity (Wildman–Crippen MR) is 87.2 cm³/mol. The Bertz CT molecular complexity index is 868. The van der Waals surface area contributed by atoms with E-state index in [-0.39, 0.29) is 11.3 Å². The van der Waals surface area contributed by atoms with Crippen LogP contribution in [0.15, 0.2) is 18.2 Å². The molecule has 0 aliphatic heterocycles. The summed E-state index contributed by atoms with van der Waals surface area (Å²) in [6.07, 6.45) is -1.33. The van der Waals surface area contributed by atoms with Gasteiger partial charge in [-0.3, -0.25) is 4.79 Å². The van der Waals surface area contributed by atoms with Crippen LogP contribution in [0, 0.1) is 25.5 Å². The molecule has 0 amide bonds. The van der Waals surface area contributed by atoms with Crippen LogP contribution in [0.25, 0.3) is 0 Å². The van der Waals surface area contributed by atoms with E-state index in [4.69, 9.17) is 4.74 Å². The minimum absolute atomic E-state index is 0.0530. The lowest BCUT2D eigenvalue weighted by molar-refractivity contribution is 0.0307. The Kier molecular flexibility index (Phi) is 5.54. The number of benzene rings is 1. The number of rotatable bonds is 5. The maximum Gasteiger partial charge on any atom is 0.344 e.